The Kier molecular flexibility index (Phi) is 4.47. The van der Waals surface area contributed by atoms with Gasteiger partial charge in [-0.1, -0.05) is 6.07 Å². The van der Waals surface area contributed by atoms with Gasteiger partial charge >= 0.3 is 0 Å². The highest BCUT2D eigenvalue weighted by atomic mass is 79.9. The second-order valence-corrected chi connectivity index (χ2v) is 5.10. The van der Waals surface area contributed by atoms with E-state index in [4.69, 9.17) is 0 Å². The lowest BCUT2D eigenvalue weighted by molar-refractivity contribution is 0.507. The zero-order valence-corrected chi connectivity index (χ0v) is 12.0. The predicted octanol–water partition coefficient (Wildman–Crippen LogP) is 4.09. The number of aryl methyl sites for hydroxylation is 1. The van der Waals surface area contributed by atoms with Crippen molar-refractivity contribution in [1.29, 1.82) is 0 Å². The Bertz CT molecular complexity index is 536. The van der Waals surface area contributed by atoms with Crippen LogP contribution in [0.3, 0.4) is 0 Å². The highest BCUT2D eigenvalue weighted by molar-refractivity contribution is 9.10. The molecule has 1 heterocycles. The molecule has 0 bridgehead atoms. The molecule has 2 nitrogen and oxygen atoms in total. The van der Waals surface area contributed by atoms with Gasteiger partial charge in [0.15, 0.2) is 11.6 Å². The Morgan fingerprint density at radius 3 is 2.68 bits per heavy atom. The third-order valence-corrected chi connectivity index (χ3v) is 3.58. The molecule has 0 unspecified atom stereocenters. The average Bonchev–Trinajstić information content (AvgIpc) is 2.38. The normalized spacial score (nSPS) is 10.5. The van der Waals surface area contributed by atoms with Crippen molar-refractivity contribution in [2.75, 3.05) is 11.9 Å². The summed E-state index contributed by atoms with van der Waals surface area (Å²) in [5.74, 6) is -0.861. The van der Waals surface area contributed by atoms with Gasteiger partial charge in [0.2, 0.25) is 0 Å². The van der Waals surface area contributed by atoms with Crippen LogP contribution >= 0.6 is 15.9 Å². The summed E-state index contributed by atoms with van der Waals surface area (Å²) in [7, 11) is 0. The summed E-state index contributed by atoms with van der Waals surface area (Å²) < 4.78 is 26.7. The fourth-order valence-electron chi connectivity index (χ4n) is 1.67. The molecular weight excluding hydrogens is 314 g/mol. The van der Waals surface area contributed by atoms with Crippen LogP contribution in [0, 0.1) is 18.6 Å². The van der Waals surface area contributed by atoms with Gasteiger partial charge in [0.05, 0.1) is 0 Å². The molecule has 1 aromatic carbocycles. The number of halogens is 3. The topological polar surface area (TPSA) is 24.9 Å². The third kappa shape index (κ3) is 3.73. The van der Waals surface area contributed by atoms with E-state index >= 15 is 0 Å². The van der Waals surface area contributed by atoms with Gasteiger partial charge in [-0.15, -0.1) is 0 Å². The molecule has 5 heteroatoms. The van der Waals surface area contributed by atoms with Crippen molar-refractivity contribution in [3.63, 3.8) is 0 Å². The number of hydrogen-bond acceptors (Lipinski definition) is 2. The Labute approximate surface area is 119 Å². The molecule has 0 atom stereocenters. The SMILES string of the molecule is Cc1cc(NCCc2ccc(F)c(F)c2)ncc1Br. The lowest BCUT2D eigenvalue weighted by Crippen LogP contribution is -2.06. The molecule has 0 aliphatic heterocycles. The zero-order valence-electron chi connectivity index (χ0n) is 10.4. The van der Waals surface area contributed by atoms with Crippen molar-refractivity contribution in [1.82, 2.24) is 4.98 Å². The molecule has 2 rings (SSSR count). The highest BCUT2D eigenvalue weighted by Gasteiger charge is 2.03. The molecule has 0 amide bonds. The summed E-state index contributed by atoms with van der Waals surface area (Å²) >= 11 is 3.38. The first-order valence-electron chi connectivity index (χ1n) is 5.86. The maximum atomic E-state index is 13.0. The molecular formula is C14H13BrF2N2. The minimum atomic E-state index is -0.818. The standard InChI is InChI=1S/C14H13BrF2N2/c1-9-6-14(19-8-11(9)15)18-5-4-10-2-3-12(16)13(17)7-10/h2-3,6-8H,4-5H2,1H3,(H,18,19). The van der Waals surface area contributed by atoms with Gasteiger partial charge < -0.3 is 5.32 Å². The first-order valence-corrected chi connectivity index (χ1v) is 6.65. The Morgan fingerprint density at radius 1 is 1.21 bits per heavy atom. The van der Waals surface area contributed by atoms with E-state index in [1.165, 1.54) is 6.07 Å². The monoisotopic (exact) mass is 326 g/mol. The van der Waals surface area contributed by atoms with E-state index in [2.05, 4.69) is 26.2 Å². The minimum absolute atomic E-state index is 0.605. The highest BCUT2D eigenvalue weighted by Crippen LogP contribution is 2.17. The number of nitrogens with zero attached hydrogens (tertiary/aromatic N) is 1. The van der Waals surface area contributed by atoms with Crippen molar-refractivity contribution >= 4 is 21.7 Å². The van der Waals surface area contributed by atoms with Gasteiger partial charge in [0.1, 0.15) is 5.82 Å². The molecule has 0 aliphatic rings. The van der Waals surface area contributed by atoms with E-state index < -0.39 is 11.6 Å². The summed E-state index contributed by atoms with van der Waals surface area (Å²) in [6, 6.07) is 5.87. The second-order valence-electron chi connectivity index (χ2n) is 4.24. The molecule has 0 saturated carbocycles. The van der Waals surface area contributed by atoms with Gasteiger partial charge in [-0.3, -0.25) is 0 Å². The maximum absolute atomic E-state index is 13.0. The van der Waals surface area contributed by atoms with E-state index in [0.29, 0.717) is 13.0 Å². The molecule has 0 spiro atoms. The molecule has 1 aromatic heterocycles. The van der Waals surface area contributed by atoms with Crippen LogP contribution < -0.4 is 5.32 Å². The van der Waals surface area contributed by atoms with E-state index in [9.17, 15) is 8.78 Å². The Balaban J connectivity index is 1.92. The summed E-state index contributed by atoms with van der Waals surface area (Å²) in [5.41, 5.74) is 1.84. The molecule has 0 radical (unpaired) electrons. The van der Waals surface area contributed by atoms with Crippen LogP contribution in [0.4, 0.5) is 14.6 Å². The zero-order chi connectivity index (χ0) is 13.8. The molecule has 1 N–H and O–H groups in total. The number of pyridine rings is 1. The van der Waals surface area contributed by atoms with Gasteiger partial charge in [-0.2, -0.15) is 0 Å². The average molecular weight is 327 g/mol. The smallest absolute Gasteiger partial charge is 0.159 e. The van der Waals surface area contributed by atoms with Crippen LogP contribution in [-0.2, 0) is 6.42 Å². The fraction of sp³-hybridized carbons (Fsp3) is 0.214. The van der Waals surface area contributed by atoms with Crippen LogP contribution in [0.5, 0.6) is 0 Å². The quantitative estimate of drug-likeness (QED) is 0.915. The number of hydrogen-bond donors (Lipinski definition) is 1. The molecule has 2 aromatic rings. The number of rotatable bonds is 4. The third-order valence-electron chi connectivity index (χ3n) is 2.75. The number of anilines is 1. The van der Waals surface area contributed by atoms with Gasteiger partial charge in [0.25, 0.3) is 0 Å². The van der Waals surface area contributed by atoms with Crippen molar-refractivity contribution in [2.45, 2.75) is 13.3 Å². The molecule has 0 fully saturated rings. The second kappa shape index (κ2) is 6.10. The van der Waals surface area contributed by atoms with Crippen molar-refractivity contribution < 1.29 is 8.78 Å². The van der Waals surface area contributed by atoms with Crippen LogP contribution in [0.1, 0.15) is 11.1 Å². The molecule has 100 valence electrons. The number of aromatic nitrogens is 1. The largest absolute Gasteiger partial charge is 0.370 e. The molecule has 19 heavy (non-hydrogen) atoms. The minimum Gasteiger partial charge on any atom is -0.370 e. The summed E-state index contributed by atoms with van der Waals surface area (Å²) in [6.45, 7) is 2.59. The Morgan fingerprint density at radius 2 is 2.00 bits per heavy atom. The van der Waals surface area contributed by atoms with Gasteiger partial charge in [0, 0.05) is 17.2 Å². The predicted molar refractivity (Wildman–Crippen MR) is 75.2 cm³/mol. The van der Waals surface area contributed by atoms with Gasteiger partial charge in [-0.05, 0) is 58.6 Å². The maximum Gasteiger partial charge on any atom is 0.159 e. The molecule has 0 aliphatic carbocycles. The number of benzene rings is 1. The fourth-order valence-corrected chi connectivity index (χ4v) is 1.88. The van der Waals surface area contributed by atoms with Crippen LogP contribution in [0.25, 0.3) is 0 Å². The lowest BCUT2D eigenvalue weighted by Gasteiger charge is -2.07. The Hall–Kier alpha value is -1.49. The lowest BCUT2D eigenvalue weighted by atomic mass is 10.1. The van der Waals surface area contributed by atoms with Crippen molar-refractivity contribution in [3.05, 3.63) is 57.7 Å². The first kappa shape index (κ1) is 13.9. The summed E-state index contributed by atoms with van der Waals surface area (Å²) in [6.07, 6.45) is 2.34. The van der Waals surface area contributed by atoms with Crippen molar-refractivity contribution in [3.8, 4) is 0 Å². The van der Waals surface area contributed by atoms with Crippen LogP contribution in [0.2, 0.25) is 0 Å². The van der Waals surface area contributed by atoms with E-state index in [1.807, 2.05) is 13.0 Å². The van der Waals surface area contributed by atoms with Crippen LogP contribution in [-0.4, -0.2) is 11.5 Å². The molecule has 0 saturated heterocycles. The van der Waals surface area contributed by atoms with E-state index in [1.54, 1.807) is 12.3 Å². The van der Waals surface area contributed by atoms with Gasteiger partial charge in [-0.25, -0.2) is 13.8 Å². The number of nitrogens with one attached hydrogen (secondary N) is 1. The summed E-state index contributed by atoms with van der Waals surface area (Å²) in [5, 5.41) is 3.15. The van der Waals surface area contributed by atoms with Crippen molar-refractivity contribution in [2.24, 2.45) is 0 Å². The van der Waals surface area contributed by atoms with E-state index in [0.717, 1.165) is 27.5 Å². The first-order chi connectivity index (χ1) is 9.06. The van der Waals surface area contributed by atoms with Crippen LogP contribution in [0.15, 0.2) is 34.9 Å². The van der Waals surface area contributed by atoms with E-state index in [-0.39, 0.29) is 0 Å². The summed E-state index contributed by atoms with van der Waals surface area (Å²) in [4.78, 5) is 4.21.